The number of nitrogens with zero attached hydrogens (tertiary/aromatic N) is 1. The molecule has 4 nitrogen and oxygen atoms in total. The van der Waals surface area contributed by atoms with E-state index >= 15 is 0 Å². The van der Waals surface area contributed by atoms with Crippen molar-refractivity contribution in [3.05, 3.63) is 0 Å². The van der Waals surface area contributed by atoms with Gasteiger partial charge in [-0.3, -0.25) is 0 Å². The van der Waals surface area contributed by atoms with Gasteiger partial charge in [-0.2, -0.15) is 0 Å². The Labute approximate surface area is 97.6 Å². The van der Waals surface area contributed by atoms with Crippen LogP contribution in [0.25, 0.3) is 0 Å². The van der Waals surface area contributed by atoms with Crippen molar-refractivity contribution >= 4 is 6.03 Å². The van der Waals surface area contributed by atoms with E-state index in [2.05, 4.69) is 12.2 Å². The highest BCUT2D eigenvalue weighted by atomic mass is 16.2. The molecule has 0 bridgehead atoms. The number of carbonyl (C=O) groups is 1. The third kappa shape index (κ3) is 2.88. The minimum Gasteiger partial charge on any atom is -0.335 e. The fourth-order valence-electron chi connectivity index (χ4n) is 2.47. The molecule has 2 fully saturated rings. The number of hydrogen-bond acceptors (Lipinski definition) is 2. The molecule has 2 aliphatic carbocycles. The molecule has 0 heterocycles. The van der Waals surface area contributed by atoms with Crippen LogP contribution in [0.5, 0.6) is 0 Å². The molecule has 2 saturated carbocycles. The van der Waals surface area contributed by atoms with Gasteiger partial charge in [0.1, 0.15) is 0 Å². The zero-order chi connectivity index (χ0) is 11.5. The number of hydrogen-bond donors (Lipinski definition) is 2. The number of nitrogens with two attached hydrogens (primary N) is 1. The summed E-state index contributed by atoms with van der Waals surface area (Å²) >= 11 is 0. The Morgan fingerprint density at radius 1 is 1.25 bits per heavy atom. The van der Waals surface area contributed by atoms with Crippen LogP contribution < -0.4 is 11.1 Å². The Morgan fingerprint density at radius 2 is 1.88 bits per heavy atom. The molecule has 0 saturated heterocycles. The Balaban J connectivity index is 1.85. The van der Waals surface area contributed by atoms with Crippen molar-refractivity contribution in [3.63, 3.8) is 0 Å². The van der Waals surface area contributed by atoms with Gasteiger partial charge in [0.15, 0.2) is 0 Å². The van der Waals surface area contributed by atoms with Gasteiger partial charge in [-0.15, -0.1) is 0 Å². The molecule has 2 aliphatic rings. The summed E-state index contributed by atoms with van der Waals surface area (Å²) < 4.78 is 0. The predicted octanol–water partition coefficient (Wildman–Crippen LogP) is 1.45. The van der Waals surface area contributed by atoms with E-state index in [1.54, 1.807) is 0 Å². The van der Waals surface area contributed by atoms with Crippen molar-refractivity contribution in [2.75, 3.05) is 6.54 Å². The molecule has 4 heteroatoms. The van der Waals surface area contributed by atoms with E-state index < -0.39 is 0 Å². The summed E-state index contributed by atoms with van der Waals surface area (Å²) in [5, 5.41) is 3.07. The summed E-state index contributed by atoms with van der Waals surface area (Å²) in [4.78, 5) is 14.0. The highest BCUT2D eigenvalue weighted by Gasteiger charge is 2.30. The maximum Gasteiger partial charge on any atom is 0.317 e. The first kappa shape index (κ1) is 11.7. The highest BCUT2D eigenvalue weighted by Crippen LogP contribution is 2.24. The molecule has 0 aromatic rings. The molecule has 0 aromatic carbocycles. The molecule has 0 aromatic heterocycles. The highest BCUT2D eigenvalue weighted by molar-refractivity contribution is 5.75. The van der Waals surface area contributed by atoms with Gasteiger partial charge in [0.25, 0.3) is 0 Å². The average Bonchev–Trinajstić information content (AvgIpc) is 3.06. The molecule has 0 aliphatic heterocycles. The monoisotopic (exact) mass is 225 g/mol. The van der Waals surface area contributed by atoms with E-state index in [1.807, 2.05) is 4.90 Å². The molecular formula is C12H23N3O. The lowest BCUT2D eigenvalue weighted by Crippen LogP contribution is -2.48. The van der Waals surface area contributed by atoms with Crippen LogP contribution in [-0.4, -0.2) is 35.6 Å². The Morgan fingerprint density at radius 3 is 2.38 bits per heavy atom. The predicted molar refractivity (Wildman–Crippen MR) is 64.2 cm³/mol. The molecule has 2 rings (SSSR count). The third-order valence-electron chi connectivity index (χ3n) is 3.69. The van der Waals surface area contributed by atoms with Gasteiger partial charge >= 0.3 is 6.03 Å². The number of nitrogens with one attached hydrogen (secondary N) is 1. The first-order valence-electron chi connectivity index (χ1n) is 6.53. The van der Waals surface area contributed by atoms with Gasteiger partial charge in [0.2, 0.25) is 0 Å². The average molecular weight is 225 g/mol. The lowest BCUT2D eigenvalue weighted by atomic mass is 9.91. The minimum absolute atomic E-state index is 0.130. The van der Waals surface area contributed by atoms with Crippen molar-refractivity contribution in [2.24, 2.45) is 5.73 Å². The van der Waals surface area contributed by atoms with Crippen LogP contribution in [0.3, 0.4) is 0 Å². The van der Waals surface area contributed by atoms with E-state index in [0.29, 0.717) is 18.1 Å². The van der Waals surface area contributed by atoms with Gasteiger partial charge in [0, 0.05) is 24.7 Å². The molecule has 0 atom stereocenters. The topological polar surface area (TPSA) is 58.4 Å². The summed E-state index contributed by atoms with van der Waals surface area (Å²) in [6, 6.07) is 1.34. The Kier molecular flexibility index (Phi) is 3.69. The zero-order valence-electron chi connectivity index (χ0n) is 10.1. The second-order valence-electron chi connectivity index (χ2n) is 5.08. The standard InChI is InChI=1S/C12H23N3O/c1-2-15(12(16)14-10-5-6-10)11-7-3-9(13)4-8-11/h9-11H,2-8,13H2,1H3,(H,14,16). The largest absolute Gasteiger partial charge is 0.335 e. The summed E-state index contributed by atoms with van der Waals surface area (Å²) in [6.07, 6.45) is 6.54. The maximum absolute atomic E-state index is 12.0. The fourth-order valence-corrected chi connectivity index (χ4v) is 2.47. The van der Waals surface area contributed by atoms with E-state index in [0.717, 1.165) is 45.1 Å². The minimum atomic E-state index is 0.130. The molecule has 16 heavy (non-hydrogen) atoms. The lowest BCUT2D eigenvalue weighted by Gasteiger charge is -2.35. The SMILES string of the molecule is CCN(C(=O)NC1CC1)C1CCC(N)CC1. The summed E-state index contributed by atoms with van der Waals surface area (Å²) in [6.45, 7) is 2.86. The first-order valence-corrected chi connectivity index (χ1v) is 6.53. The molecule has 0 spiro atoms. The van der Waals surface area contributed by atoms with E-state index in [9.17, 15) is 4.79 Å². The third-order valence-corrected chi connectivity index (χ3v) is 3.69. The number of urea groups is 1. The van der Waals surface area contributed by atoms with Crippen LogP contribution in [0.15, 0.2) is 0 Å². The van der Waals surface area contributed by atoms with Crippen LogP contribution in [0.2, 0.25) is 0 Å². The van der Waals surface area contributed by atoms with Crippen molar-refractivity contribution < 1.29 is 4.79 Å². The molecule has 2 amide bonds. The fraction of sp³-hybridized carbons (Fsp3) is 0.917. The van der Waals surface area contributed by atoms with Crippen LogP contribution in [0.1, 0.15) is 45.4 Å². The summed E-state index contributed by atoms with van der Waals surface area (Å²) in [7, 11) is 0. The summed E-state index contributed by atoms with van der Waals surface area (Å²) in [5.41, 5.74) is 5.89. The zero-order valence-corrected chi connectivity index (χ0v) is 10.1. The molecular weight excluding hydrogens is 202 g/mol. The first-order chi connectivity index (χ1) is 7.70. The number of carbonyl (C=O) groups excluding carboxylic acids is 1. The van der Waals surface area contributed by atoms with Crippen molar-refractivity contribution in [1.29, 1.82) is 0 Å². The smallest absolute Gasteiger partial charge is 0.317 e. The van der Waals surface area contributed by atoms with Crippen LogP contribution in [0.4, 0.5) is 4.79 Å². The van der Waals surface area contributed by atoms with Gasteiger partial charge in [-0.25, -0.2) is 4.79 Å². The van der Waals surface area contributed by atoms with Gasteiger partial charge in [-0.1, -0.05) is 0 Å². The van der Waals surface area contributed by atoms with Crippen molar-refractivity contribution in [3.8, 4) is 0 Å². The maximum atomic E-state index is 12.0. The van der Waals surface area contributed by atoms with Gasteiger partial charge < -0.3 is 16.0 Å². The van der Waals surface area contributed by atoms with Crippen LogP contribution in [0, 0.1) is 0 Å². The van der Waals surface area contributed by atoms with Crippen LogP contribution in [-0.2, 0) is 0 Å². The van der Waals surface area contributed by atoms with E-state index in [4.69, 9.17) is 5.73 Å². The van der Waals surface area contributed by atoms with Crippen LogP contribution >= 0.6 is 0 Å². The quantitative estimate of drug-likeness (QED) is 0.763. The van der Waals surface area contributed by atoms with Crippen molar-refractivity contribution in [2.45, 2.75) is 63.6 Å². The Hall–Kier alpha value is -0.770. The normalized spacial score (nSPS) is 29.9. The van der Waals surface area contributed by atoms with Crippen molar-refractivity contribution in [1.82, 2.24) is 10.2 Å². The second kappa shape index (κ2) is 5.04. The lowest BCUT2D eigenvalue weighted by molar-refractivity contribution is 0.155. The molecule has 92 valence electrons. The molecule has 0 unspecified atom stereocenters. The van der Waals surface area contributed by atoms with E-state index in [-0.39, 0.29) is 6.03 Å². The van der Waals surface area contributed by atoms with E-state index in [1.165, 1.54) is 0 Å². The Bertz CT molecular complexity index is 245. The number of rotatable bonds is 3. The molecule has 0 radical (unpaired) electrons. The van der Waals surface area contributed by atoms with Gasteiger partial charge in [-0.05, 0) is 45.4 Å². The summed E-state index contributed by atoms with van der Waals surface area (Å²) in [5.74, 6) is 0. The molecule has 3 N–H and O–H groups in total. The second-order valence-corrected chi connectivity index (χ2v) is 5.08. The van der Waals surface area contributed by atoms with Gasteiger partial charge in [0.05, 0.1) is 0 Å². The number of amides is 2.